The molecule has 5 nitrogen and oxygen atoms in total. The Morgan fingerprint density at radius 2 is 2.00 bits per heavy atom. The van der Waals surface area contributed by atoms with Crippen molar-refractivity contribution in [1.29, 1.82) is 0 Å². The second-order valence-electron chi connectivity index (χ2n) is 4.04. The maximum Gasteiger partial charge on any atom is 0.161 e. The van der Waals surface area contributed by atoms with Gasteiger partial charge in [-0.05, 0) is 24.6 Å². The van der Waals surface area contributed by atoms with E-state index in [-0.39, 0.29) is 5.75 Å². The SMILES string of the molecule is CCOc1ccc(C(N)CS(C)(=O)=O)cc1OC. The van der Waals surface area contributed by atoms with Gasteiger partial charge in [-0.15, -0.1) is 0 Å². The van der Waals surface area contributed by atoms with E-state index in [9.17, 15) is 8.42 Å². The molecule has 0 saturated heterocycles. The highest BCUT2D eigenvalue weighted by molar-refractivity contribution is 7.90. The summed E-state index contributed by atoms with van der Waals surface area (Å²) in [6, 6.07) is 4.63. The maximum absolute atomic E-state index is 11.2. The molecule has 6 heteroatoms. The zero-order valence-corrected chi connectivity index (χ0v) is 11.7. The van der Waals surface area contributed by atoms with Crippen molar-refractivity contribution in [3.05, 3.63) is 23.8 Å². The summed E-state index contributed by atoms with van der Waals surface area (Å²) in [7, 11) is -1.58. The maximum atomic E-state index is 11.2. The first-order chi connectivity index (χ1) is 8.37. The fraction of sp³-hybridized carbons (Fsp3) is 0.500. The average molecular weight is 273 g/mol. The van der Waals surface area contributed by atoms with Crippen LogP contribution in [0.25, 0.3) is 0 Å². The van der Waals surface area contributed by atoms with Crippen molar-refractivity contribution in [2.24, 2.45) is 5.73 Å². The Balaban J connectivity index is 2.97. The molecular weight excluding hydrogens is 254 g/mol. The summed E-state index contributed by atoms with van der Waals surface area (Å²) in [5.74, 6) is 1.08. The van der Waals surface area contributed by atoms with Gasteiger partial charge in [0.15, 0.2) is 11.5 Å². The van der Waals surface area contributed by atoms with Crippen molar-refractivity contribution in [1.82, 2.24) is 0 Å². The molecule has 0 heterocycles. The lowest BCUT2D eigenvalue weighted by molar-refractivity contribution is 0.310. The molecule has 0 bridgehead atoms. The van der Waals surface area contributed by atoms with Crippen LogP contribution in [0.15, 0.2) is 18.2 Å². The quantitative estimate of drug-likeness (QED) is 0.840. The van der Waals surface area contributed by atoms with Crippen molar-refractivity contribution in [2.75, 3.05) is 25.7 Å². The Hall–Kier alpha value is -1.27. The minimum absolute atomic E-state index is 0.0931. The predicted octanol–water partition coefficient (Wildman–Crippen LogP) is 1.14. The molecule has 0 aromatic heterocycles. The van der Waals surface area contributed by atoms with Crippen LogP contribution < -0.4 is 15.2 Å². The highest BCUT2D eigenvalue weighted by atomic mass is 32.2. The Kier molecular flexibility index (Phi) is 4.98. The summed E-state index contributed by atoms with van der Waals surface area (Å²) in [6.07, 6.45) is 1.17. The highest BCUT2D eigenvalue weighted by Gasteiger charge is 2.15. The van der Waals surface area contributed by atoms with E-state index >= 15 is 0 Å². The van der Waals surface area contributed by atoms with Crippen LogP contribution in [-0.2, 0) is 9.84 Å². The smallest absolute Gasteiger partial charge is 0.161 e. The molecule has 1 atom stereocenters. The summed E-state index contributed by atoms with van der Waals surface area (Å²) in [6.45, 7) is 2.41. The number of ether oxygens (including phenoxy) is 2. The molecule has 0 fully saturated rings. The average Bonchev–Trinajstić information content (AvgIpc) is 2.27. The zero-order chi connectivity index (χ0) is 13.8. The molecule has 0 aliphatic rings. The standard InChI is InChI=1S/C12H19NO4S/c1-4-17-11-6-5-9(7-12(11)16-2)10(13)8-18(3,14)15/h5-7,10H,4,8,13H2,1-3H3. The first kappa shape index (κ1) is 14.8. The predicted molar refractivity (Wildman–Crippen MR) is 70.8 cm³/mol. The molecule has 1 aromatic carbocycles. The first-order valence-corrected chi connectivity index (χ1v) is 7.67. The fourth-order valence-corrected chi connectivity index (χ4v) is 2.46. The lowest BCUT2D eigenvalue weighted by atomic mass is 10.1. The second-order valence-corrected chi connectivity index (χ2v) is 6.23. The Morgan fingerprint density at radius 1 is 1.33 bits per heavy atom. The first-order valence-electron chi connectivity index (χ1n) is 5.61. The summed E-state index contributed by atoms with van der Waals surface area (Å²) in [4.78, 5) is 0. The van der Waals surface area contributed by atoms with Crippen molar-refractivity contribution in [3.63, 3.8) is 0 Å². The molecule has 1 unspecified atom stereocenters. The third kappa shape index (κ3) is 4.19. The number of hydrogen-bond acceptors (Lipinski definition) is 5. The molecule has 0 amide bonds. The Labute approximate surface area is 108 Å². The second kappa shape index (κ2) is 6.06. The number of nitrogens with two attached hydrogens (primary N) is 1. The largest absolute Gasteiger partial charge is 0.493 e. The van der Waals surface area contributed by atoms with Crippen LogP contribution in [0, 0.1) is 0 Å². The molecule has 0 spiro atoms. The third-order valence-electron chi connectivity index (χ3n) is 2.40. The highest BCUT2D eigenvalue weighted by Crippen LogP contribution is 2.30. The van der Waals surface area contributed by atoms with Gasteiger partial charge in [0.25, 0.3) is 0 Å². The van der Waals surface area contributed by atoms with E-state index in [4.69, 9.17) is 15.2 Å². The van der Waals surface area contributed by atoms with E-state index in [2.05, 4.69) is 0 Å². The van der Waals surface area contributed by atoms with E-state index in [0.717, 1.165) is 0 Å². The number of hydrogen-bond donors (Lipinski definition) is 1. The summed E-state index contributed by atoms with van der Waals surface area (Å²) in [5, 5.41) is 0. The van der Waals surface area contributed by atoms with Crippen LogP contribution in [0.5, 0.6) is 11.5 Å². The lowest BCUT2D eigenvalue weighted by Crippen LogP contribution is -2.20. The normalized spacial score (nSPS) is 13.1. The van der Waals surface area contributed by atoms with Gasteiger partial charge in [-0.2, -0.15) is 0 Å². The molecule has 18 heavy (non-hydrogen) atoms. The topological polar surface area (TPSA) is 78.6 Å². The van der Waals surface area contributed by atoms with Gasteiger partial charge >= 0.3 is 0 Å². The van der Waals surface area contributed by atoms with E-state index in [1.165, 1.54) is 13.4 Å². The summed E-state index contributed by atoms with van der Waals surface area (Å²) >= 11 is 0. The lowest BCUT2D eigenvalue weighted by Gasteiger charge is -2.14. The number of benzene rings is 1. The molecule has 0 aliphatic carbocycles. The van der Waals surface area contributed by atoms with Crippen LogP contribution in [0.3, 0.4) is 0 Å². The van der Waals surface area contributed by atoms with Gasteiger partial charge in [0.05, 0.1) is 19.5 Å². The molecule has 0 radical (unpaired) electrons. The van der Waals surface area contributed by atoms with Gasteiger partial charge in [-0.3, -0.25) is 0 Å². The Morgan fingerprint density at radius 3 is 2.50 bits per heavy atom. The molecule has 102 valence electrons. The van der Waals surface area contributed by atoms with Crippen molar-refractivity contribution >= 4 is 9.84 Å². The van der Waals surface area contributed by atoms with Crippen LogP contribution in [0.1, 0.15) is 18.5 Å². The molecule has 1 aromatic rings. The van der Waals surface area contributed by atoms with Crippen LogP contribution >= 0.6 is 0 Å². The molecule has 2 N–H and O–H groups in total. The minimum Gasteiger partial charge on any atom is -0.493 e. The molecular formula is C12H19NO4S. The monoisotopic (exact) mass is 273 g/mol. The van der Waals surface area contributed by atoms with Crippen LogP contribution in [0.2, 0.25) is 0 Å². The Bertz CT molecular complexity index is 499. The van der Waals surface area contributed by atoms with Gasteiger partial charge in [-0.25, -0.2) is 8.42 Å². The van der Waals surface area contributed by atoms with Gasteiger partial charge in [0.1, 0.15) is 9.84 Å². The number of rotatable bonds is 6. The van der Waals surface area contributed by atoms with Crippen molar-refractivity contribution in [3.8, 4) is 11.5 Å². The van der Waals surface area contributed by atoms with E-state index < -0.39 is 15.9 Å². The van der Waals surface area contributed by atoms with Crippen LogP contribution in [0.4, 0.5) is 0 Å². The number of sulfone groups is 1. The van der Waals surface area contributed by atoms with Gasteiger partial charge in [-0.1, -0.05) is 6.07 Å². The molecule has 0 aliphatic heterocycles. The molecule has 1 rings (SSSR count). The van der Waals surface area contributed by atoms with E-state index in [0.29, 0.717) is 23.7 Å². The van der Waals surface area contributed by atoms with Gasteiger partial charge in [0, 0.05) is 12.3 Å². The summed E-state index contributed by atoms with van der Waals surface area (Å²) < 4.78 is 33.0. The summed E-state index contributed by atoms with van der Waals surface area (Å²) in [5.41, 5.74) is 6.56. The fourth-order valence-electron chi connectivity index (χ4n) is 1.61. The van der Waals surface area contributed by atoms with Gasteiger partial charge in [0.2, 0.25) is 0 Å². The minimum atomic E-state index is -3.11. The zero-order valence-electron chi connectivity index (χ0n) is 10.8. The number of methoxy groups -OCH3 is 1. The van der Waals surface area contributed by atoms with Crippen LogP contribution in [-0.4, -0.2) is 34.1 Å². The van der Waals surface area contributed by atoms with Crippen molar-refractivity contribution < 1.29 is 17.9 Å². The molecule has 0 saturated carbocycles. The van der Waals surface area contributed by atoms with E-state index in [1.807, 2.05) is 6.92 Å². The van der Waals surface area contributed by atoms with Crippen molar-refractivity contribution in [2.45, 2.75) is 13.0 Å². The third-order valence-corrected chi connectivity index (χ3v) is 3.36. The van der Waals surface area contributed by atoms with Gasteiger partial charge < -0.3 is 15.2 Å². The van der Waals surface area contributed by atoms with E-state index in [1.54, 1.807) is 18.2 Å².